The predicted octanol–water partition coefficient (Wildman–Crippen LogP) is 1.67. The monoisotopic (exact) mass is 237 g/mol. The molecule has 4 heteroatoms. The molecular weight excluding hydrogens is 214 g/mol. The Kier molecular flexibility index (Phi) is 4.53. The Bertz CT molecular complexity index is 319. The van der Waals surface area contributed by atoms with Crippen molar-refractivity contribution in [2.24, 2.45) is 0 Å². The molecule has 1 saturated heterocycles. The first-order valence-corrected chi connectivity index (χ1v) is 6.38. The Balaban J connectivity index is 2.61. The van der Waals surface area contributed by atoms with Crippen molar-refractivity contribution in [3.05, 3.63) is 0 Å². The summed E-state index contributed by atoms with van der Waals surface area (Å²) < 4.78 is 0. The number of nitrogens with one attached hydrogen (secondary N) is 1. The molecule has 96 valence electrons. The second-order valence-corrected chi connectivity index (χ2v) is 5.43. The molecular formula is C13H23N3O. The molecule has 0 radical (unpaired) electrons. The molecule has 1 heterocycles. The lowest BCUT2D eigenvalue weighted by atomic mass is 10.0. The van der Waals surface area contributed by atoms with Crippen LogP contribution >= 0.6 is 0 Å². The molecule has 0 aromatic rings. The molecule has 17 heavy (non-hydrogen) atoms. The Morgan fingerprint density at radius 1 is 1.65 bits per heavy atom. The molecule has 2 unspecified atom stereocenters. The van der Waals surface area contributed by atoms with Crippen LogP contribution in [0.1, 0.15) is 47.0 Å². The second kappa shape index (κ2) is 5.50. The van der Waals surface area contributed by atoms with Crippen molar-refractivity contribution in [1.29, 1.82) is 5.26 Å². The predicted molar refractivity (Wildman–Crippen MR) is 67.3 cm³/mol. The lowest BCUT2D eigenvalue weighted by molar-refractivity contribution is -0.127. The van der Waals surface area contributed by atoms with Gasteiger partial charge in [0.2, 0.25) is 5.91 Å². The van der Waals surface area contributed by atoms with Crippen LogP contribution in [0.4, 0.5) is 0 Å². The van der Waals surface area contributed by atoms with Crippen molar-refractivity contribution in [2.45, 2.75) is 64.6 Å². The van der Waals surface area contributed by atoms with E-state index in [9.17, 15) is 4.79 Å². The number of nitrogens with zero attached hydrogens (tertiary/aromatic N) is 2. The van der Waals surface area contributed by atoms with Gasteiger partial charge >= 0.3 is 0 Å². The standard InChI is InChI=1S/C13H23N3O/c1-5-13(3,4)15-12(17)10(2)16-8-6-7-11(16)9-14/h10-11H,5-8H2,1-4H3,(H,15,17). The van der Waals surface area contributed by atoms with Gasteiger partial charge in [0.1, 0.15) is 0 Å². The number of hydrogen-bond acceptors (Lipinski definition) is 3. The zero-order chi connectivity index (χ0) is 13.1. The van der Waals surface area contributed by atoms with Crippen molar-refractivity contribution in [3.63, 3.8) is 0 Å². The molecule has 0 bridgehead atoms. The minimum Gasteiger partial charge on any atom is -0.350 e. The summed E-state index contributed by atoms with van der Waals surface area (Å²) in [5.41, 5.74) is -0.173. The number of carbonyl (C=O) groups is 1. The smallest absolute Gasteiger partial charge is 0.237 e. The van der Waals surface area contributed by atoms with Crippen molar-refractivity contribution < 1.29 is 4.79 Å². The van der Waals surface area contributed by atoms with Gasteiger partial charge in [0.05, 0.1) is 18.2 Å². The Hall–Kier alpha value is -1.08. The zero-order valence-corrected chi connectivity index (χ0v) is 11.3. The van der Waals surface area contributed by atoms with E-state index in [4.69, 9.17) is 5.26 Å². The van der Waals surface area contributed by atoms with E-state index in [0.717, 1.165) is 25.8 Å². The van der Waals surface area contributed by atoms with Gasteiger partial charge in [0.25, 0.3) is 0 Å². The highest BCUT2D eigenvalue weighted by Crippen LogP contribution is 2.20. The van der Waals surface area contributed by atoms with Crippen molar-refractivity contribution in [1.82, 2.24) is 10.2 Å². The number of rotatable bonds is 4. The van der Waals surface area contributed by atoms with Crippen LogP contribution < -0.4 is 5.32 Å². The van der Waals surface area contributed by atoms with Crippen LogP contribution in [0.25, 0.3) is 0 Å². The topological polar surface area (TPSA) is 56.1 Å². The highest BCUT2D eigenvalue weighted by Gasteiger charge is 2.33. The molecule has 1 fully saturated rings. The van der Waals surface area contributed by atoms with E-state index >= 15 is 0 Å². The second-order valence-electron chi connectivity index (χ2n) is 5.43. The van der Waals surface area contributed by atoms with Gasteiger partial charge in [0.15, 0.2) is 0 Å². The Labute approximate surface area is 104 Å². The van der Waals surface area contributed by atoms with Crippen molar-refractivity contribution in [2.75, 3.05) is 6.54 Å². The fourth-order valence-corrected chi connectivity index (χ4v) is 2.07. The van der Waals surface area contributed by atoms with E-state index in [1.54, 1.807) is 0 Å². The van der Waals surface area contributed by atoms with Crippen LogP contribution in [0.5, 0.6) is 0 Å². The van der Waals surface area contributed by atoms with Crippen LogP contribution in [0, 0.1) is 11.3 Å². The molecule has 2 atom stereocenters. The van der Waals surface area contributed by atoms with E-state index in [0.29, 0.717) is 0 Å². The molecule has 1 rings (SSSR count). The lowest BCUT2D eigenvalue weighted by Gasteiger charge is -2.31. The van der Waals surface area contributed by atoms with Crippen LogP contribution in [0.3, 0.4) is 0 Å². The Morgan fingerprint density at radius 2 is 2.29 bits per heavy atom. The lowest BCUT2D eigenvalue weighted by Crippen LogP contribution is -2.52. The van der Waals surface area contributed by atoms with E-state index in [1.807, 2.05) is 25.7 Å². The number of likely N-dealkylation sites (tertiary alicyclic amines) is 1. The summed E-state index contributed by atoms with van der Waals surface area (Å²) in [7, 11) is 0. The van der Waals surface area contributed by atoms with Gasteiger partial charge in [-0.25, -0.2) is 0 Å². The third-order valence-corrected chi connectivity index (χ3v) is 3.67. The molecule has 1 aliphatic rings. The molecule has 0 saturated carbocycles. The number of hydrogen-bond donors (Lipinski definition) is 1. The summed E-state index contributed by atoms with van der Waals surface area (Å²) in [6.07, 6.45) is 2.78. The number of nitriles is 1. The molecule has 0 aliphatic carbocycles. The third kappa shape index (κ3) is 3.44. The van der Waals surface area contributed by atoms with Gasteiger partial charge in [-0.1, -0.05) is 6.92 Å². The first-order chi connectivity index (χ1) is 7.91. The molecule has 0 aromatic heterocycles. The first-order valence-electron chi connectivity index (χ1n) is 6.38. The van der Waals surface area contributed by atoms with Crippen molar-refractivity contribution >= 4 is 5.91 Å². The summed E-state index contributed by atoms with van der Waals surface area (Å²) in [6.45, 7) is 8.82. The highest BCUT2D eigenvalue weighted by molar-refractivity contribution is 5.82. The molecule has 1 N–H and O–H groups in total. The van der Waals surface area contributed by atoms with Gasteiger partial charge in [0, 0.05) is 12.1 Å². The minimum atomic E-state index is -0.215. The van der Waals surface area contributed by atoms with Crippen LogP contribution in [-0.4, -0.2) is 35.0 Å². The third-order valence-electron chi connectivity index (χ3n) is 3.67. The largest absolute Gasteiger partial charge is 0.350 e. The van der Waals surface area contributed by atoms with E-state index in [-0.39, 0.29) is 23.5 Å². The maximum absolute atomic E-state index is 12.1. The van der Waals surface area contributed by atoms with Crippen LogP contribution in [-0.2, 0) is 4.79 Å². The number of carbonyl (C=O) groups excluding carboxylic acids is 1. The molecule has 4 nitrogen and oxygen atoms in total. The Morgan fingerprint density at radius 3 is 2.82 bits per heavy atom. The summed E-state index contributed by atoms with van der Waals surface area (Å²) in [6, 6.07) is 1.96. The fraction of sp³-hybridized carbons (Fsp3) is 0.846. The number of amides is 1. The first kappa shape index (κ1) is 14.0. The molecule has 0 spiro atoms. The van der Waals surface area contributed by atoms with Gasteiger partial charge in [-0.2, -0.15) is 5.26 Å². The summed E-state index contributed by atoms with van der Waals surface area (Å²) in [4.78, 5) is 14.1. The van der Waals surface area contributed by atoms with Crippen LogP contribution in [0.15, 0.2) is 0 Å². The summed E-state index contributed by atoms with van der Waals surface area (Å²) >= 11 is 0. The van der Waals surface area contributed by atoms with Crippen LogP contribution in [0.2, 0.25) is 0 Å². The zero-order valence-electron chi connectivity index (χ0n) is 11.3. The van der Waals surface area contributed by atoms with E-state index in [2.05, 4.69) is 18.3 Å². The van der Waals surface area contributed by atoms with E-state index < -0.39 is 0 Å². The quantitative estimate of drug-likeness (QED) is 0.809. The summed E-state index contributed by atoms with van der Waals surface area (Å²) in [5, 5.41) is 12.1. The van der Waals surface area contributed by atoms with Gasteiger partial charge in [-0.3, -0.25) is 9.69 Å². The maximum Gasteiger partial charge on any atom is 0.237 e. The van der Waals surface area contributed by atoms with Gasteiger partial charge in [-0.15, -0.1) is 0 Å². The van der Waals surface area contributed by atoms with Gasteiger partial charge in [-0.05, 0) is 40.0 Å². The van der Waals surface area contributed by atoms with Crippen molar-refractivity contribution in [3.8, 4) is 6.07 Å². The summed E-state index contributed by atoms with van der Waals surface area (Å²) in [5.74, 6) is 0.0269. The average molecular weight is 237 g/mol. The van der Waals surface area contributed by atoms with E-state index in [1.165, 1.54) is 0 Å². The maximum atomic E-state index is 12.1. The SMILES string of the molecule is CCC(C)(C)NC(=O)C(C)N1CCCC1C#N. The normalized spacial score (nSPS) is 23.1. The fourth-order valence-electron chi connectivity index (χ4n) is 2.07. The molecule has 1 amide bonds. The molecule has 1 aliphatic heterocycles. The average Bonchev–Trinajstić information content (AvgIpc) is 2.75. The van der Waals surface area contributed by atoms with Gasteiger partial charge < -0.3 is 5.32 Å². The molecule has 0 aromatic carbocycles. The highest BCUT2D eigenvalue weighted by atomic mass is 16.2. The minimum absolute atomic E-state index is 0.0269.